The van der Waals surface area contributed by atoms with Crippen molar-refractivity contribution in [1.82, 2.24) is 0 Å². The van der Waals surface area contributed by atoms with Gasteiger partial charge in [-0.15, -0.1) is 0 Å². The molecular weight excluding hydrogens is 380 g/mol. The Kier molecular flexibility index (Phi) is 6.19. The minimum atomic E-state index is -0.0120. The molecule has 0 aromatic heterocycles. The summed E-state index contributed by atoms with van der Waals surface area (Å²) < 4.78 is 0.760. The summed E-state index contributed by atoms with van der Waals surface area (Å²) in [7, 11) is 0. The van der Waals surface area contributed by atoms with Gasteiger partial charge in [0.05, 0.1) is 10.7 Å². The standard InChI is InChI=1S/C17H16BrClN2O2/c1-2-3-16(22)21-14-6-4-13(5-7-14)20-10-11-8-12(18)9-15(19)17(11)23/h4-10,23H,2-3H2,1H3,(H,21,22). The smallest absolute Gasteiger partial charge is 0.224 e. The van der Waals surface area contributed by atoms with Gasteiger partial charge in [0.15, 0.2) is 0 Å². The Balaban J connectivity index is 2.10. The summed E-state index contributed by atoms with van der Waals surface area (Å²) in [5.41, 5.74) is 1.95. The summed E-state index contributed by atoms with van der Waals surface area (Å²) in [4.78, 5) is 15.8. The number of phenols is 1. The van der Waals surface area contributed by atoms with E-state index in [1.54, 1.807) is 36.4 Å². The molecule has 0 spiro atoms. The van der Waals surface area contributed by atoms with E-state index in [4.69, 9.17) is 11.6 Å². The van der Waals surface area contributed by atoms with E-state index < -0.39 is 0 Å². The summed E-state index contributed by atoms with van der Waals surface area (Å²) in [6, 6.07) is 10.5. The number of aromatic hydroxyl groups is 1. The summed E-state index contributed by atoms with van der Waals surface area (Å²) in [6.07, 6.45) is 2.85. The topological polar surface area (TPSA) is 61.7 Å². The van der Waals surface area contributed by atoms with Gasteiger partial charge < -0.3 is 10.4 Å². The van der Waals surface area contributed by atoms with Crippen LogP contribution in [0.5, 0.6) is 5.75 Å². The molecule has 0 radical (unpaired) electrons. The van der Waals surface area contributed by atoms with Crippen LogP contribution < -0.4 is 5.32 Å². The number of anilines is 1. The molecule has 0 bridgehead atoms. The maximum absolute atomic E-state index is 11.5. The lowest BCUT2D eigenvalue weighted by Crippen LogP contribution is -2.10. The van der Waals surface area contributed by atoms with Crippen molar-refractivity contribution in [2.75, 3.05) is 5.32 Å². The first-order valence-corrected chi connectivity index (χ1v) is 8.28. The van der Waals surface area contributed by atoms with Crippen LogP contribution in [0.2, 0.25) is 5.02 Å². The number of nitrogens with one attached hydrogen (secondary N) is 1. The Hall–Kier alpha value is -1.85. The van der Waals surface area contributed by atoms with Crippen molar-refractivity contribution in [3.8, 4) is 5.75 Å². The zero-order chi connectivity index (χ0) is 16.8. The van der Waals surface area contributed by atoms with Gasteiger partial charge >= 0.3 is 0 Å². The van der Waals surface area contributed by atoms with E-state index in [9.17, 15) is 9.90 Å². The Labute approximate surface area is 148 Å². The average molecular weight is 396 g/mol. The molecule has 0 saturated carbocycles. The lowest BCUT2D eigenvalue weighted by molar-refractivity contribution is -0.116. The zero-order valence-electron chi connectivity index (χ0n) is 12.5. The number of nitrogens with zero attached hydrogens (tertiary/aromatic N) is 1. The Morgan fingerprint density at radius 3 is 2.70 bits per heavy atom. The molecule has 2 rings (SSSR count). The summed E-state index contributed by atoms with van der Waals surface area (Å²) >= 11 is 9.23. The van der Waals surface area contributed by atoms with Crippen LogP contribution in [0.25, 0.3) is 0 Å². The molecule has 0 aliphatic carbocycles. The van der Waals surface area contributed by atoms with Gasteiger partial charge in [-0.1, -0.05) is 34.5 Å². The number of carbonyl (C=O) groups excluding carboxylic acids is 1. The molecule has 2 aromatic carbocycles. The zero-order valence-corrected chi connectivity index (χ0v) is 14.9. The number of rotatable bonds is 5. The predicted octanol–water partition coefficient (Wildman–Crippen LogP) is 5.30. The third-order valence-corrected chi connectivity index (χ3v) is 3.78. The first kappa shape index (κ1) is 17.5. The van der Waals surface area contributed by atoms with Crippen molar-refractivity contribution < 1.29 is 9.90 Å². The van der Waals surface area contributed by atoms with Crippen LogP contribution in [0.15, 0.2) is 45.9 Å². The summed E-state index contributed by atoms with van der Waals surface area (Å²) in [5, 5.41) is 13.0. The Morgan fingerprint density at radius 2 is 2.04 bits per heavy atom. The molecule has 2 aromatic rings. The van der Waals surface area contributed by atoms with Gasteiger partial charge in [-0.2, -0.15) is 0 Å². The van der Waals surface area contributed by atoms with E-state index in [2.05, 4.69) is 26.2 Å². The molecule has 4 nitrogen and oxygen atoms in total. The van der Waals surface area contributed by atoms with Gasteiger partial charge in [-0.3, -0.25) is 9.79 Å². The third-order valence-electron chi connectivity index (χ3n) is 3.04. The fourth-order valence-corrected chi connectivity index (χ4v) is 2.74. The number of halogens is 2. The van der Waals surface area contributed by atoms with Crippen LogP contribution in [-0.2, 0) is 4.79 Å². The van der Waals surface area contributed by atoms with Crippen molar-refractivity contribution in [3.63, 3.8) is 0 Å². The molecule has 0 heterocycles. The minimum absolute atomic E-state index is 0.00236. The molecule has 0 unspecified atom stereocenters. The summed E-state index contributed by atoms with van der Waals surface area (Å²) in [6.45, 7) is 1.96. The van der Waals surface area contributed by atoms with Gasteiger partial charge in [-0.25, -0.2) is 0 Å². The van der Waals surface area contributed by atoms with Gasteiger partial charge in [0.25, 0.3) is 0 Å². The number of aliphatic imine (C=N–C) groups is 1. The molecule has 0 aliphatic rings. The molecule has 0 saturated heterocycles. The highest BCUT2D eigenvalue weighted by Crippen LogP contribution is 2.30. The van der Waals surface area contributed by atoms with Crippen molar-refractivity contribution in [2.24, 2.45) is 4.99 Å². The van der Waals surface area contributed by atoms with Crippen LogP contribution in [0, 0.1) is 0 Å². The first-order chi connectivity index (χ1) is 11.0. The molecule has 0 aliphatic heterocycles. The molecule has 2 N–H and O–H groups in total. The van der Waals surface area contributed by atoms with E-state index in [1.165, 1.54) is 6.21 Å². The first-order valence-electron chi connectivity index (χ1n) is 7.11. The second-order valence-corrected chi connectivity index (χ2v) is 6.25. The number of benzene rings is 2. The normalized spacial score (nSPS) is 10.9. The summed E-state index contributed by atoms with van der Waals surface area (Å²) in [5.74, 6) is -0.0143. The maximum Gasteiger partial charge on any atom is 0.224 e. The van der Waals surface area contributed by atoms with Crippen molar-refractivity contribution in [2.45, 2.75) is 19.8 Å². The molecule has 1 amide bonds. The lowest BCUT2D eigenvalue weighted by Gasteiger charge is -2.05. The number of hydrogen-bond acceptors (Lipinski definition) is 3. The highest BCUT2D eigenvalue weighted by Gasteiger charge is 2.05. The van der Waals surface area contributed by atoms with Crippen molar-refractivity contribution >= 4 is 51.0 Å². The molecule has 0 atom stereocenters. The van der Waals surface area contributed by atoms with E-state index in [1.807, 2.05) is 6.92 Å². The van der Waals surface area contributed by atoms with E-state index in [-0.39, 0.29) is 16.7 Å². The van der Waals surface area contributed by atoms with Crippen molar-refractivity contribution in [3.05, 3.63) is 51.5 Å². The average Bonchev–Trinajstić information content (AvgIpc) is 2.51. The maximum atomic E-state index is 11.5. The fourth-order valence-electron chi connectivity index (χ4n) is 1.91. The van der Waals surface area contributed by atoms with Crippen LogP contribution >= 0.6 is 27.5 Å². The van der Waals surface area contributed by atoms with Crippen LogP contribution in [0.1, 0.15) is 25.3 Å². The van der Waals surface area contributed by atoms with Gasteiger partial charge in [0, 0.05) is 28.4 Å². The van der Waals surface area contributed by atoms with Crippen LogP contribution in [0.3, 0.4) is 0 Å². The molecule has 0 fully saturated rings. The Bertz CT molecular complexity index is 730. The van der Waals surface area contributed by atoms with Crippen LogP contribution in [0.4, 0.5) is 11.4 Å². The SMILES string of the molecule is CCCC(=O)Nc1ccc(N=Cc2cc(Br)cc(Cl)c2O)cc1. The Morgan fingerprint density at radius 1 is 1.35 bits per heavy atom. The highest BCUT2D eigenvalue weighted by molar-refractivity contribution is 9.10. The van der Waals surface area contributed by atoms with Crippen molar-refractivity contribution in [1.29, 1.82) is 0 Å². The lowest BCUT2D eigenvalue weighted by atomic mass is 10.2. The van der Waals surface area contributed by atoms with E-state index >= 15 is 0 Å². The largest absolute Gasteiger partial charge is 0.506 e. The van der Waals surface area contributed by atoms with E-state index in [0.717, 1.165) is 16.6 Å². The predicted molar refractivity (Wildman–Crippen MR) is 98.1 cm³/mol. The number of hydrogen-bond donors (Lipinski definition) is 2. The van der Waals surface area contributed by atoms with Gasteiger partial charge in [-0.05, 0) is 42.8 Å². The molecule has 23 heavy (non-hydrogen) atoms. The fraction of sp³-hybridized carbons (Fsp3) is 0.176. The number of phenolic OH excluding ortho intramolecular Hbond substituents is 1. The molecule has 120 valence electrons. The highest BCUT2D eigenvalue weighted by atomic mass is 79.9. The van der Waals surface area contributed by atoms with Crippen LogP contribution in [-0.4, -0.2) is 17.2 Å². The van der Waals surface area contributed by atoms with Gasteiger partial charge in [0.2, 0.25) is 5.91 Å². The van der Waals surface area contributed by atoms with Gasteiger partial charge in [0.1, 0.15) is 5.75 Å². The number of carbonyl (C=O) groups is 1. The quantitative estimate of drug-likeness (QED) is 0.675. The second kappa shape index (κ2) is 8.13. The monoisotopic (exact) mass is 394 g/mol. The minimum Gasteiger partial charge on any atom is -0.506 e. The van der Waals surface area contributed by atoms with E-state index in [0.29, 0.717) is 17.7 Å². The molecular formula is C17H16BrClN2O2. The molecule has 6 heteroatoms. The third kappa shape index (κ3) is 5.08. The number of amides is 1. The second-order valence-electron chi connectivity index (χ2n) is 4.93.